The van der Waals surface area contributed by atoms with E-state index in [9.17, 15) is 14.7 Å². The van der Waals surface area contributed by atoms with Crippen molar-refractivity contribution in [1.29, 1.82) is 0 Å². The Labute approximate surface area is 177 Å². The van der Waals surface area contributed by atoms with Gasteiger partial charge in [-0.15, -0.1) is 11.8 Å². The number of thioether (sulfide) groups is 1. The van der Waals surface area contributed by atoms with Gasteiger partial charge in [0.25, 0.3) is 11.8 Å². The number of imide groups is 1. The summed E-state index contributed by atoms with van der Waals surface area (Å²) >= 11 is 1.34. The van der Waals surface area contributed by atoms with Crippen LogP contribution in [0.25, 0.3) is 0 Å². The Balaban J connectivity index is 1.45. The lowest BCUT2D eigenvalue weighted by molar-refractivity contribution is -0.309. The zero-order chi connectivity index (χ0) is 20.8. The van der Waals surface area contributed by atoms with Crippen molar-refractivity contribution >= 4 is 23.6 Å². The van der Waals surface area contributed by atoms with Crippen molar-refractivity contribution in [2.45, 2.75) is 36.1 Å². The highest BCUT2D eigenvalue weighted by atomic mass is 32.2. The van der Waals surface area contributed by atoms with Crippen LogP contribution in [0, 0.1) is 0 Å². The number of hydrogen-bond acceptors (Lipinski definition) is 7. The number of carbonyl (C=O) groups excluding carboxylic acids is 2. The quantitative estimate of drug-likeness (QED) is 0.752. The Morgan fingerprint density at radius 2 is 1.60 bits per heavy atom. The van der Waals surface area contributed by atoms with Crippen molar-refractivity contribution < 1.29 is 28.9 Å². The van der Waals surface area contributed by atoms with Gasteiger partial charge in [0, 0.05) is 5.56 Å². The van der Waals surface area contributed by atoms with E-state index in [-0.39, 0.29) is 6.61 Å². The van der Waals surface area contributed by atoms with E-state index in [1.54, 1.807) is 24.3 Å². The molecule has 1 unspecified atom stereocenters. The van der Waals surface area contributed by atoms with E-state index in [1.807, 2.05) is 36.6 Å². The van der Waals surface area contributed by atoms with Crippen LogP contribution < -0.4 is 0 Å². The standard InChI is InChI=1S/C22H21NO6S/c1-30-22-16(23-19(25)13-9-5-6-10-14(13)20(23)26)17(24)18-15(28-22)11-27-21(29-18)12-7-3-2-4-8-12/h2-10,15-18,21-22,24H,11H2,1H3/t15-,16-,17-,18-,21?,22+/m1/s1. The Bertz CT molecular complexity index is 934. The number of fused-ring (bicyclic) bond motifs is 2. The van der Waals surface area contributed by atoms with Gasteiger partial charge in [0.15, 0.2) is 6.29 Å². The summed E-state index contributed by atoms with van der Waals surface area (Å²) in [5.74, 6) is -0.847. The van der Waals surface area contributed by atoms with E-state index in [0.717, 1.165) is 10.5 Å². The molecule has 30 heavy (non-hydrogen) atoms. The minimum absolute atomic E-state index is 0.243. The summed E-state index contributed by atoms with van der Waals surface area (Å²) in [5, 5.41) is 11.3. The van der Waals surface area contributed by atoms with Gasteiger partial charge in [-0.05, 0) is 18.4 Å². The van der Waals surface area contributed by atoms with Gasteiger partial charge < -0.3 is 19.3 Å². The molecule has 2 amide bonds. The third kappa shape index (κ3) is 3.07. The molecule has 6 atom stereocenters. The summed E-state index contributed by atoms with van der Waals surface area (Å²) in [7, 11) is 0. The molecule has 0 radical (unpaired) electrons. The molecule has 3 aliphatic heterocycles. The first-order valence-electron chi connectivity index (χ1n) is 9.75. The number of rotatable bonds is 3. The molecule has 2 saturated heterocycles. The predicted molar refractivity (Wildman–Crippen MR) is 109 cm³/mol. The molecule has 0 saturated carbocycles. The molecule has 8 heteroatoms. The second-order valence-corrected chi connectivity index (χ2v) is 8.40. The van der Waals surface area contributed by atoms with Crippen LogP contribution in [0.15, 0.2) is 54.6 Å². The van der Waals surface area contributed by atoms with Gasteiger partial charge in [-0.2, -0.15) is 0 Å². The first-order chi connectivity index (χ1) is 14.6. The van der Waals surface area contributed by atoms with Crippen LogP contribution in [0.3, 0.4) is 0 Å². The fourth-order valence-corrected chi connectivity index (χ4v) is 5.12. The van der Waals surface area contributed by atoms with Crippen LogP contribution in [-0.2, 0) is 14.2 Å². The van der Waals surface area contributed by atoms with Crippen molar-refractivity contribution in [1.82, 2.24) is 4.90 Å². The summed E-state index contributed by atoms with van der Waals surface area (Å²) < 4.78 is 18.0. The van der Waals surface area contributed by atoms with Gasteiger partial charge in [-0.3, -0.25) is 14.5 Å². The van der Waals surface area contributed by atoms with Crippen LogP contribution in [-0.4, -0.2) is 64.5 Å². The van der Waals surface area contributed by atoms with Gasteiger partial charge in [0.05, 0.1) is 17.7 Å². The number of aliphatic hydroxyl groups is 1. The van der Waals surface area contributed by atoms with Crippen LogP contribution in [0.2, 0.25) is 0 Å². The molecule has 0 aliphatic carbocycles. The van der Waals surface area contributed by atoms with Crippen molar-refractivity contribution in [3.05, 3.63) is 71.3 Å². The molecule has 1 N–H and O–H groups in total. The maximum Gasteiger partial charge on any atom is 0.262 e. The average Bonchev–Trinajstić information content (AvgIpc) is 3.04. The van der Waals surface area contributed by atoms with Gasteiger partial charge in [-0.1, -0.05) is 42.5 Å². The first kappa shape index (κ1) is 19.7. The normalized spacial score (nSPS) is 33.3. The summed E-state index contributed by atoms with van der Waals surface area (Å²) in [6.45, 7) is 0.243. The Hall–Kier alpha value is -2.23. The highest BCUT2D eigenvalue weighted by Crippen LogP contribution is 2.40. The summed E-state index contributed by atoms with van der Waals surface area (Å²) in [4.78, 5) is 27.2. The third-order valence-corrected chi connectivity index (χ3v) is 6.62. The van der Waals surface area contributed by atoms with E-state index in [2.05, 4.69) is 0 Å². The lowest BCUT2D eigenvalue weighted by atomic mass is 9.95. The molecule has 0 bridgehead atoms. The van der Waals surface area contributed by atoms with Crippen LogP contribution in [0.1, 0.15) is 32.6 Å². The molecule has 2 aromatic carbocycles. The van der Waals surface area contributed by atoms with Crippen molar-refractivity contribution in [2.24, 2.45) is 0 Å². The van der Waals surface area contributed by atoms with Gasteiger partial charge in [-0.25, -0.2) is 0 Å². The van der Waals surface area contributed by atoms with E-state index in [0.29, 0.717) is 11.1 Å². The smallest absolute Gasteiger partial charge is 0.262 e. The largest absolute Gasteiger partial charge is 0.388 e. The molecule has 156 valence electrons. The molecular formula is C22H21NO6S. The lowest BCUT2D eigenvalue weighted by Gasteiger charge is -2.49. The van der Waals surface area contributed by atoms with E-state index in [4.69, 9.17) is 14.2 Å². The molecule has 0 aromatic heterocycles. The fourth-order valence-electron chi connectivity index (χ4n) is 4.31. The summed E-state index contributed by atoms with van der Waals surface area (Å²) in [6, 6.07) is 15.2. The maximum atomic E-state index is 13.0. The highest BCUT2D eigenvalue weighted by molar-refractivity contribution is 7.99. The molecule has 3 aliphatic rings. The lowest BCUT2D eigenvalue weighted by Crippen LogP contribution is -2.66. The molecule has 2 aromatic rings. The first-order valence-corrected chi connectivity index (χ1v) is 11.0. The second kappa shape index (κ2) is 7.79. The molecule has 5 rings (SSSR count). The number of hydrogen-bond donors (Lipinski definition) is 1. The average molecular weight is 427 g/mol. The van der Waals surface area contributed by atoms with Crippen molar-refractivity contribution in [3.63, 3.8) is 0 Å². The van der Waals surface area contributed by atoms with Gasteiger partial charge in [0.2, 0.25) is 0 Å². The van der Waals surface area contributed by atoms with Crippen LogP contribution >= 0.6 is 11.8 Å². The zero-order valence-electron chi connectivity index (χ0n) is 16.2. The minimum atomic E-state index is -1.11. The van der Waals surface area contributed by atoms with E-state index >= 15 is 0 Å². The molecular weight excluding hydrogens is 406 g/mol. The monoisotopic (exact) mass is 427 g/mol. The van der Waals surface area contributed by atoms with Gasteiger partial charge in [0.1, 0.15) is 29.8 Å². The number of aliphatic hydroxyl groups excluding tert-OH is 1. The Morgan fingerprint density at radius 1 is 0.967 bits per heavy atom. The zero-order valence-corrected chi connectivity index (χ0v) is 17.0. The molecule has 7 nitrogen and oxygen atoms in total. The SMILES string of the molecule is CS[C@@H]1O[C@@H]2COC(c3ccccc3)O[C@H]2[C@H](O)[C@H]1N1C(=O)c2ccccc2C1=O. The summed E-state index contributed by atoms with van der Waals surface area (Å²) in [5.41, 5.74) is 0.912. The second-order valence-electron chi connectivity index (χ2n) is 7.46. The van der Waals surface area contributed by atoms with Gasteiger partial charge >= 0.3 is 0 Å². The maximum absolute atomic E-state index is 13.0. The predicted octanol–water partition coefficient (Wildman–Crippen LogP) is 2.21. The highest BCUT2D eigenvalue weighted by Gasteiger charge is 2.55. The number of amides is 2. The molecule has 3 heterocycles. The van der Waals surface area contributed by atoms with E-state index in [1.165, 1.54) is 11.8 Å². The molecule has 2 fully saturated rings. The minimum Gasteiger partial charge on any atom is -0.388 e. The number of ether oxygens (including phenoxy) is 3. The Morgan fingerprint density at radius 3 is 2.23 bits per heavy atom. The number of benzene rings is 2. The van der Waals surface area contributed by atoms with Crippen molar-refractivity contribution in [2.75, 3.05) is 12.9 Å². The number of carbonyl (C=O) groups is 2. The topological polar surface area (TPSA) is 85.3 Å². The van der Waals surface area contributed by atoms with Crippen molar-refractivity contribution in [3.8, 4) is 0 Å². The fraction of sp³-hybridized carbons (Fsp3) is 0.364. The van der Waals surface area contributed by atoms with E-state index < -0.39 is 47.9 Å². The van der Waals surface area contributed by atoms with Crippen LogP contribution in [0.5, 0.6) is 0 Å². The number of nitrogens with zero attached hydrogens (tertiary/aromatic N) is 1. The summed E-state index contributed by atoms with van der Waals surface area (Å²) in [6.07, 6.45) is -1.18. The third-order valence-electron chi connectivity index (χ3n) is 5.76. The molecule has 0 spiro atoms. The Kier molecular flexibility index (Phi) is 5.12. The van der Waals surface area contributed by atoms with Crippen LogP contribution in [0.4, 0.5) is 0 Å².